The van der Waals surface area contributed by atoms with E-state index < -0.39 is 15.8 Å². The van der Waals surface area contributed by atoms with Crippen molar-refractivity contribution in [3.8, 4) is 0 Å². The molecule has 0 aliphatic carbocycles. The highest BCUT2D eigenvalue weighted by Gasteiger charge is 1.53. The van der Waals surface area contributed by atoms with Gasteiger partial charge in [-0.1, -0.05) is 15.8 Å². The van der Waals surface area contributed by atoms with Crippen LogP contribution in [-0.4, -0.2) is 3.84 Å². The summed E-state index contributed by atoms with van der Waals surface area (Å²) in [5.41, 5.74) is 0. The molecule has 4 unspecified atom stereocenters. The molecule has 0 amide bonds. The first-order chi connectivity index (χ1) is 3.18. The predicted octanol–water partition coefficient (Wildman–Crippen LogP) is 1.84. The summed E-state index contributed by atoms with van der Waals surface area (Å²) in [5.74, 6) is 0. The topological polar surface area (TPSA) is 0 Å². The average Bonchev–Trinajstić information content (AvgIpc) is 1.65. The van der Waals surface area contributed by atoms with Crippen molar-refractivity contribution in [3.05, 3.63) is 0 Å². The predicted molar refractivity (Wildman–Crippen MR) is 36.1 cm³/mol. The molecule has 26 valence electrons. The van der Waals surface area contributed by atoms with Gasteiger partial charge < -0.3 is 0 Å². The van der Waals surface area contributed by atoms with Crippen LogP contribution in [0.15, 0.2) is 0 Å². The fourth-order valence-corrected chi connectivity index (χ4v) is 0. The summed E-state index contributed by atoms with van der Waals surface area (Å²) in [5, 5.41) is 0. The van der Waals surface area contributed by atoms with Crippen LogP contribution in [0.1, 0.15) is 0 Å². The zero-order valence-electron chi connectivity index (χ0n) is 4.97. The summed E-state index contributed by atoms with van der Waals surface area (Å²) in [4.78, 5) is 0. The maximum absolute atomic E-state index is 6.99. The van der Waals surface area contributed by atoms with E-state index in [1.165, 1.54) is 0 Å². The molecule has 0 aromatic rings. The smallest absolute Gasteiger partial charge is 0.0671 e. The van der Waals surface area contributed by atoms with Gasteiger partial charge in [0.1, 0.15) is 0 Å². The van der Waals surface area contributed by atoms with E-state index >= 15 is 0 Å². The second-order valence-electron chi connectivity index (χ2n) is 0.215. The van der Waals surface area contributed by atoms with Gasteiger partial charge in [0, 0.05) is 0 Å². The number of hydrogen-bond acceptors (Lipinski definition) is 0. The van der Waals surface area contributed by atoms with E-state index in [1.54, 1.807) is 0 Å². The molecule has 0 aromatic carbocycles. The van der Waals surface area contributed by atoms with E-state index in [9.17, 15) is 0 Å². The molecule has 0 nitrogen and oxygen atoms in total. The first-order valence-electron chi connectivity index (χ1n) is 2.08. The first-order valence-corrected chi connectivity index (χ1v) is 6.14. The molecule has 0 saturated heterocycles. The SMILES string of the molecule is [2H]P(P[3H])P([3H])P. The average molecular weight is 135 g/mol. The molecule has 0 saturated carbocycles. The Balaban J connectivity index is 3.14. The normalized spacial score (nSPS) is 36.8. The standard InChI is InChI=1S/H6P4/c1-3-4-2/h3-4H,1-2H2/i1T,3D,4T. The van der Waals surface area contributed by atoms with Crippen molar-refractivity contribution in [3.63, 3.8) is 0 Å². The van der Waals surface area contributed by atoms with Gasteiger partial charge in [0.2, 0.25) is 0 Å². The second kappa shape index (κ2) is 4.72. The molecule has 0 radical (unpaired) electrons. The summed E-state index contributed by atoms with van der Waals surface area (Å²) in [7, 11) is 0.254. The third kappa shape index (κ3) is 3.72. The Morgan fingerprint density at radius 3 is 3.50 bits per heavy atom. The molecule has 0 aromatic heterocycles. The van der Waals surface area contributed by atoms with Gasteiger partial charge in [-0.25, -0.2) is 0 Å². The monoisotopic (exact) mass is 135 g/mol. The van der Waals surface area contributed by atoms with Crippen LogP contribution in [0.5, 0.6) is 0 Å². The minimum atomic E-state index is -0.998. The van der Waals surface area contributed by atoms with Crippen molar-refractivity contribution in [2.75, 3.05) is 0 Å². The van der Waals surface area contributed by atoms with Gasteiger partial charge in [-0.3, -0.25) is 0 Å². The van der Waals surface area contributed by atoms with Crippen LogP contribution in [0.25, 0.3) is 0 Å². The first kappa shape index (κ1) is 2.14. The van der Waals surface area contributed by atoms with Crippen molar-refractivity contribution in [2.45, 2.75) is 0 Å². The van der Waals surface area contributed by atoms with Gasteiger partial charge in [-0.05, 0) is 0 Å². The lowest BCUT2D eigenvalue weighted by atomic mass is 29.4. The molecule has 0 aliphatic rings. The summed E-state index contributed by atoms with van der Waals surface area (Å²) in [6.07, 6.45) is 0. The van der Waals surface area contributed by atoms with Crippen LogP contribution in [-0.2, 0) is 0 Å². The zero-order valence-corrected chi connectivity index (χ0v) is 5.92. The molecule has 0 fully saturated rings. The fraction of sp³-hybridized carbons (Fsp3) is 0. The maximum atomic E-state index is 6.99. The lowest BCUT2D eigenvalue weighted by Gasteiger charge is -1.70. The van der Waals surface area contributed by atoms with Gasteiger partial charge in [0.05, 0.1) is 3.84 Å². The highest BCUT2D eigenvalue weighted by molar-refractivity contribution is 8.54. The Bertz CT molecular complexity index is 44.2. The Kier molecular flexibility index (Phi) is 2.52. The Morgan fingerprint density at radius 1 is 2.75 bits per heavy atom. The number of rotatable bonds is 2. The third-order valence-electron chi connectivity index (χ3n) is 0.0577. The summed E-state index contributed by atoms with van der Waals surface area (Å²) < 4.78 is 20.6. The molecule has 0 bridgehead atoms. The van der Waals surface area contributed by atoms with Gasteiger partial charge >= 0.3 is 0 Å². The highest BCUT2D eigenvalue weighted by atomic mass is 32.6. The summed E-state index contributed by atoms with van der Waals surface area (Å²) >= 11 is 0. The molecule has 0 aliphatic heterocycles. The Morgan fingerprint density at radius 2 is 3.50 bits per heavy atom. The van der Waals surface area contributed by atoms with E-state index in [1.807, 2.05) is 0 Å². The van der Waals surface area contributed by atoms with E-state index in [2.05, 4.69) is 8.93 Å². The van der Waals surface area contributed by atoms with Crippen LogP contribution < -0.4 is 0 Å². The van der Waals surface area contributed by atoms with Crippen LogP contribution in [0.3, 0.4) is 0 Å². The van der Waals surface area contributed by atoms with Crippen molar-refractivity contribution in [1.82, 2.24) is 0 Å². The quantitative estimate of drug-likeness (QED) is 0.506. The molecule has 0 N–H and O–H groups in total. The molecule has 4 atom stereocenters. The minimum absolute atomic E-state index is 0.0862. The summed E-state index contributed by atoms with van der Waals surface area (Å²) in [6.45, 7) is 0. The van der Waals surface area contributed by atoms with Crippen LogP contribution in [0, 0.1) is 0 Å². The minimum Gasteiger partial charge on any atom is -0.110 e. The Labute approximate surface area is 38.4 Å². The van der Waals surface area contributed by atoms with Crippen molar-refractivity contribution >= 4 is 33.6 Å². The molecule has 0 heterocycles. The molecule has 4 heteroatoms. The van der Waals surface area contributed by atoms with Crippen molar-refractivity contribution < 1.29 is 0 Å². The van der Waals surface area contributed by atoms with Gasteiger partial charge in [-0.15, -0.1) is 17.8 Å². The van der Waals surface area contributed by atoms with Gasteiger partial charge in [0.25, 0.3) is 0 Å². The van der Waals surface area contributed by atoms with E-state index in [-0.39, 0.29) is 8.87 Å². The maximum Gasteiger partial charge on any atom is 0.0671 e. The molecular weight excluding hydrogens is 124 g/mol. The van der Waals surface area contributed by atoms with Crippen LogP contribution in [0.4, 0.5) is 0 Å². The third-order valence-corrected chi connectivity index (χ3v) is 4.68. The highest BCUT2D eigenvalue weighted by Crippen LogP contribution is 2.48. The second-order valence-corrected chi connectivity index (χ2v) is 5.82. The van der Waals surface area contributed by atoms with E-state index in [0.717, 1.165) is 0 Å². The molecular formula is H6P4. The zero-order chi connectivity index (χ0) is 5.86. The van der Waals surface area contributed by atoms with Crippen LogP contribution >= 0.6 is 33.6 Å². The summed E-state index contributed by atoms with van der Waals surface area (Å²) in [6, 6.07) is 0. The Hall–Kier alpha value is 1.72. The van der Waals surface area contributed by atoms with Gasteiger partial charge in [-0.2, -0.15) is 0 Å². The van der Waals surface area contributed by atoms with E-state index in [0.29, 0.717) is 0 Å². The lowest BCUT2D eigenvalue weighted by molar-refractivity contribution is 5.30. The molecule has 4 heavy (non-hydrogen) atoms. The van der Waals surface area contributed by atoms with E-state index in [4.69, 9.17) is 3.84 Å². The van der Waals surface area contributed by atoms with Crippen LogP contribution in [0.2, 0.25) is 0 Å². The van der Waals surface area contributed by atoms with Gasteiger partial charge in [0.15, 0.2) is 0 Å². The van der Waals surface area contributed by atoms with Crippen molar-refractivity contribution in [1.29, 1.82) is 3.84 Å². The fourth-order valence-electron chi connectivity index (χ4n) is 0. The largest absolute Gasteiger partial charge is 0.110 e. The molecule has 0 rings (SSSR count). The number of hydrogen-bond donors (Lipinski definition) is 0. The van der Waals surface area contributed by atoms with Crippen molar-refractivity contribution in [2.24, 2.45) is 0 Å². The molecule has 0 spiro atoms. The lowest BCUT2D eigenvalue weighted by Crippen LogP contribution is -0.756.